The monoisotopic (exact) mass is 388 g/mol. The number of rotatable bonds is 11. The molecule has 0 aromatic carbocycles. The largest absolute Gasteiger partial charge is 0.0775 e. The molecule has 0 fully saturated rings. The van der Waals surface area contributed by atoms with Gasteiger partial charge in [-0.05, 0) is 6.42 Å². The van der Waals surface area contributed by atoms with Crippen LogP contribution in [0.5, 0.6) is 0 Å². The lowest BCUT2D eigenvalue weighted by atomic mass is 10.1. The Morgan fingerprint density at radius 1 is 0.800 bits per heavy atom. The van der Waals surface area contributed by atoms with Crippen LogP contribution in [0.25, 0.3) is 0 Å². The van der Waals surface area contributed by atoms with Crippen molar-refractivity contribution in [3.63, 3.8) is 0 Å². The van der Waals surface area contributed by atoms with E-state index in [-0.39, 0.29) is 0 Å². The average Bonchev–Trinajstić information content (AvgIpc) is 2.20. The van der Waals surface area contributed by atoms with Crippen molar-refractivity contribution < 1.29 is 0 Å². The van der Waals surface area contributed by atoms with Gasteiger partial charge in [-0.2, -0.15) is 0 Å². The van der Waals surface area contributed by atoms with Crippen LogP contribution in [0.2, 0.25) is 0 Å². The molecule has 92 valence electrons. The summed E-state index contributed by atoms with van der Waals surface area (Å²) in [5.41, 5.74) is 0. The van der Waals surface area contributed by atoms with Gasteiger partial charge in [0.2, 0.25) is 0 Å². The molecule has 0 aromatic heterocycles. The van der Waals surface area contributed by atoms with Gasteiger partial charge in [0.25, 0.3) is 0 Å². The van der Waals surface area contributed by atoms with Crippen molar-refractivity contribution in [2.24, 2.45) is 0 Å². The van der Waals surface area contributed by atoms with Crippen LogP contribution >= 0.6 is 38.5 Å². The standard InChI is InChI=1S/C13H26BrI/c1-2-3-4-5-6-7-8-9-10-11-12-13(14)15/h13H,2-12H2,1H3. The van der Waals surface area contributed by atoms with Gasteiger partial charge in [0.1, 0.15) is 0 Å². The van der Waals surface area contributed by atoms with Gasteiger partial charge in [-0.3, -0.25) is 0 Å². The minimum atomic E-state index is 0.684. The van der Waals surface area contributed by atoms with E-state index in [1.165, 1.54) is 70.6 Å². The summed E-state index contributed by atoms with van der Waals surface area (Å²) in [5.74, 6) is 0. The summed E-state index contributed by atoms with van der Waals surface area (Å²) in [6, 6.07) is 0. The lowest BCUT2D eigenvalue weighted by molar-refractivity contribution is 0.554. The third-order valence-electron chi connectivity index (χ3n) is 2.78. The molecule has 0 aliphatic rings. The summed E-state index contributed by atoms with van der Waals surface area (Å²) >= 11 is 6.03. The fraction of sp³-hybridized carbons (Fsp3) is 1.00. The molecule has 0 aromatic rings. The lowest BCUT2D eigenvalue weighted by Gasteiger charge is -2.02. The normalized spacial score (nSPS) is 13.0. The van der Waals surface area contributed by atoms with E-state index < -0.39 is 0 Å². The van der Waals surface area contributed by atoms with E-state index in [1.54, 1.807) is 0 Å². The molecule has 0 saturated heterocycles. The topological polar surface area (TPSA) is 0 Å². The van der Waals surface area contributed by atoms with Gasteiger partial charge >= 0.3 is 0 Å². The van der Waals surface area contributed by atoms with Gasteiger partial charge in [-0.15, -0.1) is 0 Å². The summed E-state index contributed by atoms with van der Waals surface area (Å²) in [7, 11) is 0. The Morgan fingerprint density at radius 2 is 1.20 bits per heavy atom. The second-order valence-corrected chi connectivity index (χ2v) is 8.68. The van der Waals surface area contributed by atoms with Crippen LogP contribution in [0.4, 0.5) is 0 Å². The maximum atomic E-state index is 3.58. The molecule has 2 heteroatoms. The highest BCUT2D eigenvalue weighted by atomic mass is 127. The molecule has 0 aliphatic carbocycles. The molecule has 0 bridgehead atoms. The SMILES string of the molecule is CCCCCCCCCCCCC(Br)I. The molecule has 0 rings (SSSR count). The van der Waals surface area contributed by atoms with Crippen molar-refractivity contribution in [3.8, 4) is 0 Å². The Bertz CT molecular complexity index is 115. The van der Waals surface area contributed by atoms with Gasteiger partial charge in [0.15, 0.2) is 0 Å². The highest BCUT2D eigenvalue weighted by Gasteiger charge is 1.97. The smallest absolute Gasteiger partial charge is 0.0662 e. The van der Waals surface area contributed by atoms with E-state index in [0.29, 0.717) is 2.83 Å². The number of unbranched alkanes of at least 4 members (excludes halogenated alkanes) is 9. The van der Waals surface area contributed by atoms with E-state index >= 15 is 0 Å². The summed E-state index contributed by atoms with van der Waals surface area (Å²) in [6.07, 6.45) is 15.7. The zero-order valence-corrected chi connectivity index (χ0v) is 13.9. The number of alkyl halides is 2. The van der Waals surface area contributed by atoms with Crippen molar-refractivity contribution in [1.82, 2.24) is 0 Å². The van der Waals surface area contributed by atoms with E-state index in [0.717, 1.165) is 0 Å². The van der Waals surface area contributed by atoms with Gasteiger partial charge in [0.05, 0.1) is 2.83 Å². The van der Waals surface area contributed by atoms with E-state index in [9.17, 15) is 0 Å². The van der Waals surface area contributed by atoms with Crippen molar-refractivity contribution in [1.29, 1.82) is 0 Å². The second-order valence-electron chi connectivity index (χ2n) is 4.36. The van der Waals surface area contributed by atoms with Crippen molar-refractivity contribution in [2.75, 3.05) is 0 Å². The first kappa shape index (κ1) is 16.2. The molecule has 0 radical (unpaired) electrons. The highest BCUT2D eigenvalue weighted by Crippen LogP contribution is 2.18. The van der Waals surface area contributed by atoms with Crippen LogP contribution in [-0.2, 0) is 0 Å². The van der Waals surface area contributed by atoms with Crippen molar-refractivity contribution in [2.45, 2.75) is 80.4 Å². The van der Waals surface area contributed by atoms with Crippen molar-refractivity contribution in [3.05, 3.63) is 0 Å². The maximum Gasteiger partial charge on any atom is 0.0662 e. The van der Waals surface area contributed by atoms with Crippen LogP contribution < -0.4 is 0 Å². The van der Waals surface area contributed by atoms with Crippen molar-refractivity contribution >= 4 is 38.5 Å². The highest BCUT2D eigenvalue weighted by molar-refractivity contribution is 14.1. The molecule has 0 amide bonds. The van der Waals surface area contributed by atoms with E-state index in [4.69, 9.17) is 0 Å². The Morgan fingerprint density at radius 3 is 1.60 bits per heavy atom. The average molecular weight is 389 g/mol. The molecule has 0 heterocycles. The third-order valence-corrected chi connectivity index (χ3v) is 3.86. The predicted octanol–water partition coefficient (Wildman–Crippen LogP) is 6.45. The maximum absolute atomic E-state index is 3.58. The Balaban J connectivity index is 2.87. The molecule has 0 aliphatic heterocycles. The third kappa shape index (κ3) is 15.2. The summed E-state index contributed by atoms with van der Waals surface area (Å²) < 4.78 is 0.684. The van der Waals surface area contributed by atoms with Crippen LogP contribution in [-0.4, -0.2) is 2.83 Å². The molecule has 15 heavy (non-hydrogen) atoms. The second kappa shape index (κ2) is 13.3. The summed E-state index contributed by atoms with van der Waals surface area (Å²) in [6.45, 7) is 2.28. The fourth-order valence-corrected chi connectivity index (χ4v) is 2.55. The first-order valence-electron chi connectivity index (χ1n) is 6.55. The first-order valence-corrected chi connectivity index (χ1v) is 8.71. The molecule has 0 saturated carbocycles. The fourth-order valence-electron chi connectivity index (χ4n) is 1.79. The Labute approximate surface area is 118 Å². The van der Waals surface area contributed by atoms with Crippen LogP contribution in [0.1, 0.15) is 77.6 Å². The Kier molecular flexibility index (Phi) is 14.3. The number of hydrogen-bond acceptors (Lipinski definition) is 0. The van der Waals surface area contributed by atoms with E-state index in [1.807, 2.05) is 0 Å². The van der Waals surface area contributed by atoms with Crippen LogP contribution in [0.15, 0.2) is 0 Å². The Hall–Kier alpha value is 1.21. The van der Waals surface area contributed by atoms with Gasteiger partial charge in [0, 0.05) is 0 Å². The molecule has 0 nitrogen and oxygen atoms in total. The number of hydrogen-bond donors (Lipinski definition) is 0. The van der Waals surface area contributed by atoms with E-state index in [2.05, 4.69) is 45.4 Å². The van der Waals surface area contributed by atoms with Gasteiger partial charge in [-0.1, -0.05) is 110 Å². The lowest BCUT2D eigenvalue weighted by Crippen LogP contribution is -1.86. The predicted molar refractivity (Wildman–Crippen MR) is 83.2 cm³/mol. The molecule has 1 atom stereocenters. The minimum Gasteiger partial charge on any atom is -0.0775 e. The van der Waals surface area contributed by atoms with Gasteiger partial charge in [-0.25, -0.2) is 0 Å². The number of halogens is 2. The molecular formula is C13H26BrI. The molecule has 1 unspecified atom stereocenters. The molecular weight excluding hydrogens is 363 g/mol. The van der Waals surface area contributed by atoms with Gasteiger partial charge < -0.3 is 0 Å². The van der Waals surface area contributed by atoms with Crippen LogP contribution in [0, 0.1) is 0 Å². The summed E-state index contributed by atoms with van der Waals surface area (Å²) in [5, 5.41) is 0. The quantitative estimate of drug-likeness (QED) is 0.216. The minimum absolute atomic E-state index is 0.684. The zero-order valence-electron chi connectivity index (χ0n) is 10.1. The molecule has 0 spiro atoms. The first-order chi connectivity index (χ1) is 7.27. The molecule has 0 N–H and O–H groups in total. The zero-order chi connectivity index (χ0) is 11.4. The van der Waals surface area contributed by atoms with Crippen LogP contribution in [0.3, 0.4) is 0 Å². The summed E-state index contributed by atoms with van der Waals surface area (Å²) in [4.78, 5) is 0.